The summed E-state index contributed by atoms with van der Waals surface area (Å²) in [5.41, 5.74) is 10.6. The Morgan fingerprint density at radius 3 is 1.47 bits per heavy atom. The highest BCUT2D eigenvalue weighted by molar-refractivity contribution is 8.00. The maximum atomic E-state index is 11.5. The van der Waals surface area contributed by atoms with Crippen molar-refractivity contribution >= 4 is 156 Å². The molecule has 2 aliphatic rings. The lowest BCUT2D eigenvalue weighted by Gasteiger charge is -2.29. The van der Waals surface area contributed by atoms with Gasteiger partial charge < -0.3 is 124 Å². The minimum Gasteiger partial charge on any atom is -0.481 e. The number of nitrogens with one attached hydrogen (secondary N) is 1. The molecule has 0 aliphatic carbocycles. The molecule has 3 rings (SSSR count). The van der Waals surface area contributed by atoms with E-state index in [0.717, 1.165) is 49.9 Å². The summed E-state index contributed by atoms with van der Waals surface area (Å²) in [6, 6.07) is 3.55. The molecular weight excluding hydrogens is 1600 g/mol. The van der Waals surface area contributed by atoms with Gasteiger partial charge in [-0.3, -0.25) is 72.1 Å². The molecule has 2 amide bonds. The third kappa shape index (κ3) is 58.8. The maximum Gasteiger partial charge on any atom is 0.349 e. The van der Waals surface area contributed by atoms with Crippen LogP contribution in [0.3, 0.4) is 0 Å². The van der Waals surface area contributed by atoms with E-state index in [1.165, 1.54) is 54.1 Å². The molecule has 2 aliphatic heterocycles. The number of carboxylic acid groups (broad SMARTS) is 16. The number of aliphatic imine (C=N–C) groups is 2. The lowest BCUT2D eigenvalue weighted by molar-refractivity contribution is -0.182. The molecule has 116 heavy (non-hydrogen) atoms. The van der Waals surface area contributed by atoms with E-state index >= 15 is 0 Å². The van der Waals surface area contributed by atoms with Crippen molar-refractivity contribution in [2.75, 3.05) is 29.6 Å². The van der Waals surface area contributed by atoms with E-state index in [9.17, 15) is 111 Å². The maximum absolute atomic E-state index is 11.5. The van der Waals surface area contributed by atoms with Crippen LogP contribution in [0.15, 0.2) is 40.3 Å². The topological polar surface area (TPSA) is 822 Å². The Bertz CT molecular complexity index is 3390. The highest BCUT2D eigenvalue weighted by atomic mass is 32.2. The Labute approximate surface area is 669 Å². The number of benzene rings is 1. The molecule has 2 heterocycles. The van der Waals surface area contributed by atoms with Gasteiger partial charge in [0.15, 0.2) is 23.6 Å². The summed E-state index contributed by atoms with van der Waals surface area (Å²) >= 11 is 2.80. The Hall–Kier alpha value is -12.0. The molecule has 0 spiro atoms. The predicted octanol–water partition coefficient (Wildman–Crippen LogP) is 1.40. The lowest BCUT2D eigenvalue weighted by Crippen LogP contribution is -2.49. The molecule has 46 nitrogen and oxygen atoms in total. The molecule has 8 atom stereocenters. The number of thioether (sulfide) groups is 2. The zero-order chi connectivity index (χ0) is 90.4. The van der Waals surface area contributed by atoms with Crippen LogP contribution in [-0.2, 0) is 105 Å². The predicted molar refractivity (Wildman–Crippen MR) is 401 cm³/mol. The fourth-order valence-corrected chi connectivity index (χ4v) is 10.7. The summed E-state index contributed by atoms with van der Waals surface area (Å²) in [6.45, 7) is 5.68. The van der Waals surface area contributed by atoms with Crippen LogP contribution in [0, 0.1) is 5.92 Å². The van der Waals surface area contributed by atoms with Gasteiger partial charge in [0.2, 0.25) is 17.9 Å². The Morgan fingerprint density at radius 2 is 1.10 bits per heavy atom. The molecule has 3 unspecified atom stereocenters. The van der Waals surface area contributed by atoms with Crippen LogP contribution in [0.1, 0.15) is 180 Å². The second-order valence-corrected chi connectivity index (χ2v) is 26.7. The number of carbonyl (C=O) groups is 20. The number of cyclic esters (lactones) is 1. The molecule has 2 fully saturated rings. The number of guanidine groups is 1. The summed E-state index contributed by atoms with van der Waals surface area (Å²) in [5, 5.41) is 148. The van der Waals surface area contributed by atoms with Crippen molar-refractivity contribution in [3.63, 3.8) is 0 Å². The van der Waals surface area contributed by atoms with Gasteiger partial charge in [-0.05, 0) is 63.0 Å². The third-order valence-corrected chi connectivity index (χ3v) is 16.7. The fourth-order valence-electron chi connectivity index (χ4n) is 9.28. The van der Waals surface area contributed by atoms with E-state index in [1.807, 2.05) is 5.32 Å². The molecule has 1 aromatic rings. The lowest BCUT2D eigenvalue weighted by atomic mass is 9.81. The zero-order valence-electron chi connectivity index (χ0n) is 63.4. The largest absolute Gasteiger partial charge is 0.481 e. The molecule has 0 bridgehead atoms. The highest BCUT2D eigenvalue weighted by Crippen LogP contribution is 2.38. The molecule has 0 saturated carbocycles. The average Bonchev–Trinajstić information content (AvgIpc) is 1.62. The molecule has 656 valence electrons. The number of amides is 2. The van der Waals surface area contributed by atoms with Gasteiger partial charge in [0.25, 0.3) is 0 Å². The van der Waals surface area contributed by atoms with Crippen LogP contribution in [0.2, 0.25) is 0 Å². The number of unbranched alkanes of at least 4 members (excludes halogenated alkanes) is 8. The number of hydrogen-bond acceptors (Lipinski definition) is 27. The van der Waals surface area contributed by atoms with Crippen molar-refractivity contribution in [3.8, 4) is 0 Å². The number of aliphatic hydroxyl groups is 1. The van der Waals surface area contributed by atoms with E-state index in [-0.39, 0.29) is 62.3 Å². The van der Waals surface area contributed by atoms with Crippen LogP contribution in [0.5, 0.6) is 0 Å². The summed E-state index contributed by atoms with van der Waals surface area (Å²) in [5.74, 6) is -22.1. The van der Waals surface area contributed by atoms with Crippen LogP contribution in [0.25, 0.3) is 0 Å². The van der Waals surface area contributed by atoms with Crippen molar-refractivity contribution in [1.82, 2.24) is 10.2 Å². The van der Waals surface area contributed by atoms with Crippen molar-refractivity contribution in [2.45, 2.75) is 216 Å². The van der Waals surface area contributed by atoms with Crippen LogP contribution >= 0.6 is 23.5 Å². The number of carboxylic acids is 16. The first-order valence-corrected chi connectivity index (χ1v) is 37.0. The second kappa shape index (κ2) is 64.4. The van der Waals surface area contributed by atoms with E-state index in [4.69, 9.17) is 93.4 Å². The van der Waals surface area contributed by atoms with Crippen LogP contribution in [0.4, 0.5) is 0 Å². The monoisotopic (exact) mass is 1710 g/mol. The highest BCUT2D eigenvalue weighted by Gasteiger charge is 2.56. The summed E-state index contributed by atoms with van der Waals surface area (Å²) in [7, 11) is 0. The molecular formula is C68H103N7O39S2. The number of rotatable bonds is 48. The first kappa shape index (κ1) is 113. The van der Waals surface area contributed by atoms with E-state index in [2.05, 4.69) is 21.6 Å². The minimum absolute atomic E-state index is 0.0342. The van der Waals surface area contributed by atoms with Gasteiger partial charge >= 0.3 is 107 Å². The number of likely N-dealkylation sites (tertiary alicyclic amines) is 1. The van der Waals surface area contributed by atoms with Gasteiger partial charge in [-0.25, -0.2) is 33.8 Å². The molecule has 1 aromatic carbocycles. The SMILES string of the molecule is CC(C)OC(=O)CC(O)(CC(=O)O)C(=O)O.CCCCCCCCCCC(C(=O)O)C1(C(=O)O)CCC(=O)O1.NC(N)=N[C@@H](CC(=O)O)C(=O)O.NC=N[C@@H](CC(=O)O)C(=O)O.O=C(O)CCC(=O)N1CCC[C@H]1C(=O)O.O=C(O)CSCCCCSCC(=O)O.O=C(O)C[C@H](C(=O)O)c1ccccc1.O=CN[C@@H](CC(=O)O)C(=O)O. The first-order chi connectivity index (χ1) is 53.9. The normalized spacial score (nSPS) is 15.1. The van der Waals surface area contributed by atoms with Crippen molar-refractivity contribution in [3.05, 3.63) is 35.9 Å². The van der Waals surface area contributed by atoms with Gasteiger partial charge in [-0.1, -0.05) is 88.6 Å². The van der Waals surface area contributed by atoms with E-state index in [1.54, 1.807) is 44.2 Å². The minimum atomic E-state index is -2.63. The fraction of sp³-hybridized carbons (Fsp3) is 0.588. The molecule has 0 radical (unpaired) electrons. The third-order valence-electron chi connectivity index (χ3n) is 14.6. The van der Waals surface area contributed by atoms with Crippen molar-refractivity contribution < 1.29 is 192 Å². The molecule has 2 saturated heterocycles. The number of aliphatic carboxylic acids is 16. The standard InChI is InChI=1S/C17H28O6.C10H10O4.C9H13NO5.C9H14O7.C8H14O4S2.C5H9N3O4.C5H8N2O4.C5H7NO5/c1-2-3-4-5-6-7-8-9-10-13(15(19)20)17(16(21)22)12-11-14(18)23-17;11-9(12)6-8(10(13)14)7-4-2-1-3-5-7;11-7(3-4-8(12)13)10-5-1-2-6(10)9(14)15;1-5(2)16-7(12)4-9(15,8(13)14)3-6(10)11;9-7(10)5-13-3-1-2-4-14-6-8(11)12;6-5(7)8-2(4(11)12)1-3(9)10;6-2-7-3(5(10)11)1-4(8)9;7-2-6-3(5(10)11)1-4(8)9/h13H,2-12H2,1H3,(H,19,20)(H,21,22);1-5,8H,6H2,(H,11,12)(H,13,14);6H,1-5H2,(H,12,13)(H,14,15);5,15H,3-4H2,1-2H3,(H,10,11)(H,13,14);1-6H2,(H,9,10)(H,11,12);2H,1H2,(H,9,10)(H,11,12)(H4,6,7,8);2-3H,1H2,(H2,6,7)(H,8,9)(H,10,11);2-3H,1H2,(H,6,7)(H,8,9)(H,10,11)/t;8-;6-;;;2-;2*3-/m.00..000/s1. The number of nitrogens with zero attached hydrogens (tertiary/aromatic N) is 3. The van der Waals surface area contributed by atoms with Crippen molar-refractivity contribution in [1.29, 1.82) is 0 Å². The Balaban J connectivity index is -0.000000410. The number of carbonyl (C=O) groups excluding carboxylic acids is 4. The van der Waals surface area contributed by atoms with Gasteiger partial charge in [-0.2, -0.15) is 23.5 Å². The zero-order valence-corrected chi connectivity index (χ0v) is 65.0. The number of hydrogen-bond donors (Lipinski definition) is 21. The Morgan fingerprint density at radius 1 is 0.612 bits per heavy atom. The average molecular weight is 1710 g/mol. The van der Waals surface area contributed by atoms with E-state index in [0.29, 0.717) is 31.4 Å². The number of nitrogens with two attached hydrogens (primary N) is 3. The van der Waals surface area contributed by atoms with Gasteiger partial charge in [-0.15, -0.1) is 0 Å². The summed E-state index contributed by atoms with van der Waals surface area (Å²) in [6.07, 6.45) is 7.62. The quantitative estimate of drug-likeness (QED) is 0.0144. The van der Waals surface area contributed by atoms with Crippen molar-refractivity contribution in [2.24, 2.45) is 33.1 Å². The van der Waals surface area contributed by atoms with Crippen LogP contribution in [-0.4, -0.2) is 295 Å². The van der Waals surface area contributed by atoms with Crippen LogP contribution < -0.4 is 22.5 Å². The smallest absolute Gasteiger partial charge is 0.349 e. The summed E-state index contributed by atoms with van der Waals surface area (Å²) < 4.78 is 9.56. The number of esters is 2. The number of ether oxygens (including phenoxy) is 2. The summed E-state index contributed by atoms with van der Waals surface area (Å²) in [4.78, 5) is 218. The van der Waals surface area contributed by atoms with Gasteiger partial charge in [0.1, 0.15) is 18.0 Å². The van der Waals surface area contributed by atoms with Gasteiger partial charge in [0.05, 0.1) is 74.8 Å². The molecule has 48 heteroatoms. The van der Waals surface area contributed by atoms with E-state index < -0.39 is 199 Å². The Kier molecular flexibility index (Phi) is 62.5. The molecule has 0 aromatic heterocycles. The molecule has 24 N–H and O–H groups in total. The van der Waals surface area contributed by atoms with Gasteiger partial charge in [0, 0.05) is 25.8 Å². The first-order valence-electron chi connectivity index (χ1n) is 34.7. The second-order valence-electron chi connectivity index (χ2n) is 24.5.